The Hall–Kier alpha value is -10.0. The number of nitrogens with zero attached hydrogens (tertiary/aromatic N) is 8. The normalized spacial score (nSPS) is 13.8. The van der Waals surface area contributed by atoms with Gasteiger partial charge in [-0.1, -0.05) is 175 Å². The first kappa shape index (κ1) is 101. The van der Waals surface area contributed by atoms with Crippen molar-refractivity contribution in [3.05, 3.63) is 309 Å². The van der Waals surface area contributed by atoms with Crippen LogP contribution in [0, 0.1) is 0 Å². The van der Waals surface area contributed by atoms with E-state index in [-0.39, 0.29) is 142 Å². The number of benzene rings is 5. The number of ether oxygens (including phenoxy) is 13. The fraction of sp³-hybridized carbons (Fsp3) is 0.453. The average molecular weight is 1830 g/mol. The second-order valence-electron chi connectivity index (χ2n) is 29.7. The highest BCUT2D eigenvalue weighted by molar-refractivity contribution is 6.37. The monoisotopic (exact) mass is 1830 g/mol. The van der Waals surface area contributed by atoms with E-state index in [0.717, 1.165) is 22.3 Å². The Balaban J connectivity index is 0.669. The lowest BCUT2D eigenvalue weighted by Gasteiger charge is -2.39. The largest absolute Gasteiger partial charge is 0.423 e. The zero-order chi connectivity index (χ0) is 90.2. The Bertz CT molecular complexity index is 4850. The summed E-state index contributed by atoms with van der Waals surface area (Å²) in [6, 6.07) is 63.1. The molecule has 1 unspecified atom stereocenters. The number of pyridine rings is 4. The molecule has 4 aromatic heterocycles. The molecule has 5 aromatic carbocycles. The summed E-state index contributed by atoms with van der Waals surface area (Å²) in [7, 11) is 0. The van der Waals surface area contributed by atoms with Gasteiger partial charge in [0.05, 0.1) is 198 Å². The van der Waals surface area contributed by atoms with Gasteiger partial charge in [0.1, 0.15) is 26.4 Å². The van der Waals surface area contributed by atoms with Crippen LogP contribution < -0.4 is 51.6 Å². The zero-order valence-electron chi connectivity index (χ0n) is 73.2. The van der Waals surface area contributed by atoms with Crippen LogP contribution in [0.1, 0.15) is 57.9 Å². The molecule has 32 nitrogen and oxygen atoms in total. The van der Waals surface area contributed by atoms with Crippen LogP contribution in [-0.2, 0) is 119 Å². The van der Waals surface area contributed by atoms with E-state index in [1.807, 2.05) is 146 Å². The number of esters is 1. The molecule has 0 radical (unpaired) electrons. The van der Waals surface area contributed by atoms with E-state index in [1.165, 1.54) is 43.2 Å². The number of para-hydroxylation sites is 1. The van der Waals surface area contributed by atoms with Gasteiger partial charge in [0, 0.05) is 115 Å². The molecule has 1 saturated heterocycles. The topological polar surface area (TPSA) is 304 Å². The van der Waals surface area contributed by atoms with E-state index < -0.39 is 12.0 Å². The van der Waals surface area contributed by atoms with Gasteiger partial charge in [0.25, 0.3) is 22.2 Å². The number of halogens is 2. The molecule has 34 heteroatoms. The van der Waals surface area contributed by atoms with Crippen molar-refractivity contribution in [3.8, 4) is 5.75 Å². The third kappa shape index (κ3) is 39.3. The van der Waals surface area contributed by atoms with Crippen molar-refractivity contribution < 1.29 is 90.5 Å². The van der Waals surface area contributed by atoms with Crippen molar-refractivity contribution in [3.63, 3.8) is 0 Å². The number of carbonyl (C=O) groups is 2. The van der Waals surface area contributed by atoms with Crippen molar-refractivity contribution in [1.82, 2.24) is 43.8 Å². The lowest BCUT2D eigenvalue weighted by Crippen LogP contribution is -2.54. The summed E-state index contributed by atoms with van der Waals surface area (Å²) in [5.74, 6) is -0.621. The van der Waals surface area contributed by atoms with Crippen molar-refractivity contribution in [2.45, 2.75) is 71.5 Å². The van der Waals surface area contributed by atoms with Gasteiger partial charge in [-0.2, -0.15) is 0 Å². The minimum absolute atomic E-state index is 0.0369. The second-order valence-corrected chi connectivity index (χ2v) is 30.5. The SMILES string of the molecule is O=C(CCOCCOCCOCCOCCOCCOCCOCCOCCOCCOCCOCCOCCC(=O)Oc1c(Cl)cccc1Cl)NCC1CN(Cc2cccc(=O)n2OCc2ccccc2)CCN(Cc2cccc(=O)n2OCc2ccccc2)CCN(Cc2cccc(=O)n2OCc2ccccc2)CCN1Cc1cccc(=O)n1OCc1ccccc1. The van der Waals surface area contributed by atoms with Gasteiger partial charge in [-0.15, -0.1) is 18.9 Å². The quantitative estimate of drug-likeness (QED) is 0.0218. The van der Waals surface area contributed by atoms with Gasteiger partial charge in [0.15, 0.2) is 5.75 Å². The number of aromatic nitrogens is 4. The van der Waals surface area contributed by atoms with E-state index in [2.05, 4.69) is 24.9 Å². The van der Waals surface area contributed by atoms with Crippen molar-refractivity contribution in [1.29, 1.82) is 0 Å². The van der Waals surface area contributed by atoms with Crippen LogP contribution in [-0.4, -0.2) is 267 Å². The number of rotatable bonds is 62. The average Bonchev–Trinajstić information content (AvgIpc) is 0.803. The Morgan fingerprint density at radius 3 is 0.876 bits per heavy atom. The van der Waals surface area contributed by atoms with E-state index in [4.69, 9.17) is 104 Å². The molecule has 0 bridgehead atoms. The standard InChI is InChI=1S/C95H121Cl2N9O23/c96-87-30-17-31-88(97)95(87)129-94(112)37-45-114-47-49-116-51-53-118-55-57-120-59-61-122-63-65-124-67-66-123-64-62-121-60-58-119-56-54-117-52-50-115-48-46-113-44-36-89(107)98-68-86-72-101(71-84-28-15-34-92(110)105(84)127-76-80-22-9-3-10-23-80)41-40-99(69-82-26-13-32-90(108)103(82)125-74-78-18-5-1-6-19-78)38-39-100(70-83-27-14-33-91(109)104(83)126-75-79-20-7-2-8-21-79)42-43-102(86)73-85-29-16-35-93(111)106(85)128-77-81-24-11-4-12-25-81/h1-35,86H,36-77H2,(H,98,107). The first-order valence-corrected chi connectivity index (χ1v) is 44.4. The molecule has 1 aliphatic heterocycles. The van der Waals surface area contributed by atoms with Gasteiger partial charge < -0.3 is 86.2 Å². The second kappa shape index (κ2) is 60.8. The maximum Gasteiger partial charge on any atom is 0.313 e. The summed E-state index contributed by atoms with van der Waals surface area (Å²) in [6.45, 7) is 13.1. The fourth-order valence-electron chi connectivity index (χ4n) is 13.4. The molecule has 1 N–H and O–H groups in total. The van der Waals surface area contributed by atoms with Crippen LogP contribution in [0.3, 0.4) is 0 Å². The number of hydrogen-bond donors (Lipinski definition) is 1. The molecular weight excluding hydrogens is 1710 g/mol. The molecule has 698 valence electrons. The molecule has 9 aromatic rings. The van der Waals surface area contributed by atoms with E-state index >= 15 is 0 Å². The number of hydrogen-bond acceptors (Lipinski definition) is 27. The molecular formula is C95H121Cl2N9O23. The highest BCUT2D eigenvalue weighted by atomic mass is 35.5. The van der Waals surface area contributed by atoms with Gasteiger partial charge in [-0.3, -0.25) is 48.4 Å². The van der Waals surface area contributed by atoms with Crippen molar-refractivity contribution in [2.75, 3.05) is 211 Å². The van der Waals surface area contributed by atoms with Crippen molar-refractivity contribution in [2.24, 2.45) is 0 Å². The van der Waals surface area contributed by atoms with Gasteiger partial charge in [0.2, 0.25) is 5.91 Å². The predicted octanol–water partition coefficient (Wildman–Crippen LogP) is 7.55. The van der Waals surface area contributed by atoms with Crippen LogP contribution in [0.25, 0.3) is 0 Å². The Morgan fingerprint density at radius 1 is 0.295 bits per heavy atom. The van der Waals surface area contributed by atoms with Crippen LogP contribution in [0.2, 0.25) is 10.0 Å². The number of carbonyl (C=O) groups excluding carboxylic acids is 2. The third-order valence-electron chi connectivity index (χ3n) is 20.1. The van der Waals surface area contributed by atoms with Crippen LogP contribution >= 0.6 is 23.2 Å². The molecule has 0 spiro atoms. The van der Waals surface area contributed by atoms with Gasteiger partial charge >= 0.3 is 5.97 Å². The summed E-state index contributed by atoms with van der Waals surface area (Å²) in [4.78, 5) is 117. The molecule has 1 amide bonds. The maximum absolute atomic E-state index is 14.3. The predicted molar refractivity (Wildman–Crippen MR) is 484 cm³/mol. The molecule has 1 atom stereocenters. The Kier molecular flexibility index (Phi) is 47.6. The molecule has 0 saturated carbocycles. The minimum atomic E-state index is -0.515. The molecule has 129 heavy (non-hydrogen) atoms. The Labute approximate surface area is 762 Å². The summed E-state index contributed by atoms with van der Waals surface area (Å²) in [5, 5.41) is 3.78. The summed E-state index contributed by atoms with van der Waals surface area (Å²) in [5.41, 5.74) is 4.49. The van der Waals surface area contributed by atoms with E-state index in [1.54, 1.807) is 42.5 Å². The van der Waals surface area contributed by atoms with E-state index in [0.29, 0.717) is 201 Å². The number of nitrogens with one attached hydrogen (secondary N) is 1. The van der Waals surface area contributed by atoms with Gasteiger partial charge in [-0.25, -0.2) is 0 Å². The zero-order valence-corrected chi connectivity index (χ0v) is 74.7. The lowest BCUT2D eigenvalue weighted by molar-refractivity contribution is -0.135. The molecule has 1 aliphatic rings. The summed E-state index contributed by atoms with van der Waals surface area (Å²) >= 11 is 12.1. The smallest absolute Gasteiger partial charge is 0.313 e. The molecule has 0 aliphatic carbocycles. The molecule has 1 fully saturated rings. The highest BCUT2D eigenvalue weighted by Crippen LogP contribution is 2.33. The first-order valence-electron chi connectivity index (χ1n) is 43.7. The van der Waals surface area contributed by atoms with Crippen LogP contribution in [0.5, 0.6) is 5.75 Å². The lowest BCUT2D eigenvalue weighted by atomic mass is 10.1. The van der Waals surface area contributed by atoms with Gasteiger partial charge in [-0.05, 0) is 58.7 Å². The van der Waals surface area contributed by atoms with Crippen molar-refractivity contribution >= 4 is 35.1 Å². The van der Waals surface area contributed by atoms with E-state index in [9.17, 15) is 28.8 Å². The Morgan fingerprint density at radius 2 is 0.558 bits per heavy atom. The minimum Gasteiger partial charge on any atom is -0.423 e. The first-order chi connectivity index (χ1) is 63.4. The van der Waals surface area contributed by atoms with Crippen LogP contribution in [0.15, 0.2) is 232 Å². The maximum atomic E-state index is 14.3. The molecule has 5 heterocycles. The number of amides is 1. The fourth-order valence-corrected chi connectivity index (χ4v) is 13.9. The van der Waals surface area contributed by atoms with Crippen LogP contribution in [0.4, 0.5) is 0 Å². The summed E-state index contributed by atoms with van der Waals surface area (Å²) < 4.78 is 78.1. The highest BCUT2D eigenvalue weighted by Gasteiger charge is 2.29. The third-order valence-corrected chi connectivity index (χ3v) is 20.7. The summed E-state index contributed by atoms with van der Waals surface area (Å²) in [6.07, 6.45) is 0.0823. The molecule has 10 rings (SSSR count).